The predicted molar refractivity (Wildman–Crippen MR) is 62.7 cm³/mol. The van der Waals surface area contributed by atoms with E-state index in [0.29, 0.717) is 32.6 Å². The Hall–Kier alpha value is -0.170. The molecule has 0 atom stereocenters. The fraction of sp³-hybridized carbons (Fsp3) is 1.00. The van der Waals surface area contributed by atoms with Gasteiger partial charge in [0.1, 0.15) is 0 Å². The minimum atomic E-state index is -3.29. The highest BCUT2D eigenvalue weighted by Gasteiger charge is 2.19. The van der Waals surface area contributed by atoms with Crippen molar-refractivity contribution in [1.82, 2.24) is 9.03 Å². The fourth-order valence-electron chi connectivity index (χ4n) is 1.19. The Balaban J connectivity index is 4.30. The SMILES string of the molecule is CCCNS(=O)(=O)N(CCC)CCCN. The lowest BCUT2D eigenvalue weighted by Crippen LogP contribution is -2.42. The van der Waals surface area contributed by atoms with Gasteiger partial charge in [-0.15, -0.1) is 0 Å². The molecule has 0 unspecified atom stereocenters. The van der Waals surface area contributed by atoms with Gasteiger partial charge in [-0.05, 0) is 25.8 Å². The Morgan fingerprint density at radius 1 is 1.20 bits per heavy atom. The van der Waals surface area contributed by atoms with Gasteiger partial charge in [-0.1, -0.05) is 13.8 Å². The topological polar surface area (TPSA) is 75.4 Å². The van der Waals surface area contributed by atoms with Crippen LogP contribution >= 0.6 is 0 Å². The molecule has 0 aliphatic heterocycles. The Labute approximate surface area is 93.2 Å². The predicted octanol–water partition coefficient (Wildman–Crippen LogP) is 0.292. The van der Waals surface area contributed by atoms with E-state index < -0.39 is 10.2 Å². The van der Waals surface area contributed by atoms with E-state index in [1.807, 2.05) is 13.8 Å². The van der Waals surface area contributed by atoms with Gasteiger partial charge >= 0.3 is 0 Å². The van der Waals surface area contributed by atoms with Crippen molar-refractivity contribution >= 4 is 10.2 Å². The number of rotatable bonds is 9. The van der Waals surface area contributed by atoms with Gasteiger partial charge < -0.3 is 5.73 Å². The van der Waals surface area contributed by atoms with Gasteiger partial charge in [0, 0.05) is 19.6 Å². The van der Waals surface area contributed by atoms with E-state index in [4.69, 9.17) is 5.73 Å². The lowest BCUT2D eigenvalue weighted by atomic mass is 10.4. The third-order valence-electron chi connectivity index (χ3n) is 1.96. The average molecular weight is 237 g/mol. The largest absolute Gasteiger partial charge is 0.330 e. The maximum atomic E-state index is 11.8. The van der Waals surface area contributed by atoms with Gasteiger partial charge in [-0.3, -0.25) is 0 Å². The summed E-state index contributed by atoms with van der Waals surface area (Å²) in [6, 6.07) is 0. The van der Waals surface area contributed by atoms with Gasteiger partial charge in [0.25, 0.3) is 10.2 Å². The summed E-state index contributed by atoms with van der Waals surface area (Å²) in [4.78, 5) is 0. The van der Waals surface area contributed by atoms with Crippen molar-refractivity contribution < 1.29 is 8.42 Å². The molecule has 15 heavy (non-hydrogen) atoms. The molecule has 0 heterocycles. The van der Waals surface area contributed by atoms with Gasteiger partial charge in [0.15, 0.2) is 0 Å². The van der Waals surface area contributed by atoms with Crippen molar-refractivity contribution in [2.24, 2.45) is 5.73 Å². The fourth-order valence-corrected chi connectivity index (χ4v) is 2.63. The van der Waals surface area contributed by atoms with Crippen LogP contribution in [0, 0.1) is 0 Å². The Bertz CT molecular complexity index is 242. The van der Waals surface area contributed by atoms with Gasteiger partial charge in [0.05, 0.1) is 0 Å². The van der Waals surface area contributed by atoms with Crippen LogP contribution in [0.4, 0.5) is 0 Å². The molecule has 0 amide bonds. The van der Waals surface area contributed by atoms with Crippen molar-refractivity contribution in [2.45, 2.75) is 33.1 Å². The second-order valence-electron chi connectivity index (χ2n) is 3.44. The monoisotopic (exact) mass is 237 g/mol. The van der Waals surface area contributed by atoms with Crippen molar-refractivity contribution in [1.29, 1.82) is 0 Å². The molecule has 0 aromatic carbocycles. The number of hydrogen-bond acceptors (Lipinski definition) is 3. The first-order valence-corrected chi connectivity index (χ1v) is 6.97. The molecule has 0 saturated carbocycles. The molecule has 6 heteroatoms. The van der Waals surface area contributed by atoms with Crippen molar-refractivity contribution in [3.8, 4) is 0 Å². The molecule has 0 spiro atoms. The molecular weight excluding hydrogens is 214 g/mol. The standard InChI is InChI=1S/C9H23N3O2S/c1-3-7-11-15(13,14)12(8-4-2)9-5-6-10/h11H,3-10H2,1-2H3. The normalized spacial score (nSPS) is 12.3. The zero-order valence-corrected chi connectivity index (χ0v) is 10.5. The lowest BCUT2D eigenvalue weighted by molar-refractivity contribution is 0.398. The van der Waals surface area contributed by atoms with E-state index in [0.717, 1.165) is 12.8 Å². The van der Waals surface area contributed by atoms with Crippen LogP contribution in [0.2, 0.25) is 0 Å². The Morgan fingerprint density at radius 2 is 1.87 bits per heavy atom. The van der Waals surface area contributed by atoms with Crippen LogP contribution in [0.15, 0.2) is 0 Å². The molecule has 0 aromatic heterocycles. The molecule has 0 radical (unpaired) electrons. The van der Waals surface area contributed by atoms with Crippen LogP contribution in [-0.4, -0.2) is 38.9 Å². The van der Waals surface area contributed by atoms with Crippen LogP contribution in [-0.2, 0) is 10.2 Å². The zero-order valence-electron chi connectivity index (χ0n) is 9.70. The van der Waals surface area contributed by atoms with E-state index in [1.54, 1.807) is 0 Å². The second kappa shape index (κ2) is 8.04. The number of hydrogen-bond donors (Lipinski definition) is 2. The molecule has 0 saturated heterocycles. The minimum Gasteiger partial charge on any atom is -0.330 e. The first-order chi connectivity index (χ1) is 7.08. The maximum Gasteiger partial charge on any atom is 0.279 e. The summed E-state index contributed by atoms with van der Waals surface area (Å²) in [6.07, 6.45) is 2.32. The van der Waals surface area contributed by atoms with Crippen LogP contribution < -0.4 is 10.5 Å². The number of nitrogens with zero attached hydrogens (tertiary/aromatic N) is 1. The average Bonchev–Trinajstić information content (AvgIpc) is 2.21. The highest BCUT2D eigenvalue weighted by molar-refractivity contribution is 7.87. The number of nitrogens with two attached hydrogens (primary N) is 1. The van der Waals surface area contributed by atoms with E-state index in [-0.39, 0.29) is 0 Å². The van der Waals surface area contributed by atoms with Crippen LogP contribution in [0.3, 0.4) is 0 Å². The van der Waals surface area contributed by atoms with Crippen molar-refractivity contribution in [3.05, 3.63) is 0 Å². The zero-order chi connectivity index (χ0) is 11.7. The molecule has 0 fully saturated rings. The third kappa shape index (κ3) is 6.09. The Kier molecular flexibility index (Phi) is 7.95. The maximum absolute atomic E-state index is 11.8. The summed E-state index contributed by atoms with van der Waals surface area (Å²) in [5, 5.41) is 0. The molecule has 92 valence electrons. The van der Waals surface area contributed by atoms with E-state index in [1.165, 1.54) is 4.31 Å². The highest BCUT2D eigenvalue weighted by Crippen LogP contribution is 2.01. The molecule has 5 nitrogen and oxygen atoms in total. The van der Waals surface area contributed by atoms with Gasteiger partial charge in [0.2, 0.25) is 0 Å². The summed E-state index contributed by atoms with van der Waals surface area (Å²) in [7, 11) is -3.29. The van der Waals surface area contributed by atoms with Crippen molar-refractivity contribution in [3.63, 3.8) is 0 Å². The molecule has 0 aromatic rings. The van der Waals surface area contributed by atoms with E-state index >= 15 is 0 Å². The Morgan fingerprint density at radius 3 is 2.33 bits per heavy atom. The molecular formula is C9H23N3O2S. The van der Waals surface area contributed by atoms with Crippen LogP contribution in [0.25, 0.3) is 0 Å². The third-order valence-corrected chi connectivity index (χ3v) is 3.57. The summed E-state index contributed by atoms with van der Waals surface area (Å²) < 4.78 is 27.5. The minimum absolute atomic E-state index is 0.491. The second-order valence-corrected chi connectivity index (χ2v) is 5.20. The van der Waals surface area contributed by atoms with Gasteiger partial charge in [-0.2, -0.15) is 12.7 Å². The molecule has 0 aliphatic carbocycles. The smallest absolute Gasteiger partial charge is 0.279 e. The lowest BCUT2D eigenvalue weighted by Gasteiger charge is -2.21. The molecule has 0 aliphatic rings. The van der Waals surface area contributed by atoms with Crippen molar-refractivity contribution in [2.75, 3.05) is 26.2 Å². The number of nitrogens with one attached hydrogen (secondary N) is 1. The highest BCUT2D eigenvalue weighted by atomic mass is 32.2. The van der Waals surface area contributed by atoms with E-state index in [2.05, 4.69) is 4.72 Å². The first kappa shape index (κ1) is 14.8. The summed E-state index contributed by atoms with van der Waals surface area (Å²) in [5.41, 5.74) is 5.37. The summed E-state index contributed by atoms with van der Waals surface area (Å²) in [6.45, 7) is 5.97. The van der Waals surface area contributed by atoms with Crippen LogP contribution in [0.5, 0.6) is 0 Å². The molecule has 3 N–H and O–H groups in total. The van der Waals surface area contributed by atoms with E-state index in [9.17, 15) is 8.42 Å². The summed E-state index contributed by atoms with van der Waals surface area (Å²) in [5.74, 6) is 0. The van der Waals surface area contributed by atoms with Crippen LogP contribution in [0.1, 0.15) is 33.1 Å². The quantitative estimate of drug-likeness (QED) is 0.605. The molecule has 0 bridgehead atoms. The molecule has 0 rings (SSSR count). The van der Waals surface area contributed by atoms with Gasteiger partial charge in [-0.25, -0.2) is 4.72 Å². The summed E-state index contributed by atoms with van der Waals surface area (Å²) >= 11 is 0. The first-order valence-electron chi connectivity index (χ1n) is 5.53.